The van der Waals surface area contributed by atoms with E-state index >= 15 is 0 Å². The number of unbranched alkanes of at least 4 members (excludes halogenated alkanes) is 1. The SMILES string of the molecule is CC(C)(CC(=O)[C@@H](CCCCN)NC(=O)OCC1c2ccccc2-c2ccccc21)OC=O. The highest BCUT2D eigenvalue weighted by molar-refractivity contribution is 5.88. The molecule has 7 nitrogen and oxygen atoms in total. The summed E-state index contributed by atoms with van der Waals surface area (Å²) >= 11 is 0. The fraction of sp³-hybridized carbons (Fsp3) is 0.423. The van der Waals surface area contributed by atoms with Crippen LogP contribution >= 0.6 is 0 Å². The number of nitrogens with one attached hydrogen (secondary N) is 1. The van der Waals surface area contributed by atoms with Crippen molar-refractivity contribution in [2.45, 2.75) is 57.1 Å². The topological polar surface area (TPSA) is 108 Å². The number of carbonyl (C=O) groups is 3. The van der Waals surface area contributed by atoms with E-state index < -0.39 is 17.7 Å². The van der Waals surface area contributed by atoms with Gasteiger partial charge in [0.05, 0.1) is 6.04 Å². The number of carbonyl (C=O) groups excluding carboxylic acids is 3. The quantitative estimate of drug-likeness (QED) is 0.373. The first-order chi connectivity index (χ1) is 15.9. The van der Waals surface area contributed by atoms with Gasteiger partial charge in [0.2, 0.25) is 0 Å². The Morgan fingerprint density at radius 3 is 2.24 bits per heavy atom. The summed E-state index contributed by atoms with van der Waals surface area (Å²) < 4.78 is 10.6. The van der Waals surface area contributed by atoms with Gasteiger partial charge in [-0.15, -0.1) is 0 Å². The highest BCUT2D eigenvalue weighted by Gasteiger charge is 2.31. The zero-order chi connectivity index (χ0) is 23.8. The van der Waals surface area contributed by atoms with Crippen LogP contribution in [0.3, 0.4) is 0 Å². The largest absolute Gasteiger partial charge is 0.461 e. The summed E-state index contributed by atoms with van der Waals surface area (Å²) in [5, 5.41) is 2.72. The van der Waals surface area contributed by atoms with Crippen molar-refractivity contribution >= 4 is 18.3 Å². The molecule has 2 aromatic carbocycles. The molecule has 0 spiro atoms. The number of amides is 1. The van der Waals surface area contributed by atoms with Crippen LogP contribution in [0, 0.1) is 0 Å². The van der Waals surface area contributed by atoms with E-state index in [1.54, 1.807) is 13.8 Å². The minimum absolute atomic E-state index is 0.0112. The van der Waals surface area contributed by atoms with Crippen molar-refractivity contribution < 1.29 is 23.9 Å². The van der Waals surface area contributed by atoms with Crippen molar-refractivity contribution in [1.82, 2.24) is 5.32 Å². The minimum atomic E-state index is -0.951. The third kappa shape index (κ3) is 6.20. The molecule has 2 aromatic rings. The molecule has 0 aliphatic heterocycles. The number of hydrogen-bond donors (Lipinski definition) is 2. The highest BCUT2D eigenvalue weighted by Crippen LogP contribution is 2.44. The molecule has 1 atom stereocenters. The van der Waals surface area contributed by atoms with Gasteiger partial charge in [0, 0.05) is 12.3 Å². The summed E-state index contributed by atoms with van der Waals surface area (Å²) in [5.41, 5.74) is 9.16. The second-order valence-corrected chi connectivity index (χ2v) is 8.92. The molecule has 7 heteroatoms. The average molecular weight is 453 g/mol. The van der Waals surface area contributed by atoms with E-state index in [9.17, 15) is 14.4 Å². The maximum absolute atomic E-state index is 12.9. The number of fused-ring (bicyclic) bond motifs is 3. The van der Waals surface area contributed by atoms with E-state index in [-0.39, 0.29) is 24.7 Å². The van der Waals surface area contributed by atoms with Crippen molar-refractivity contribution in [3.63, 3.8) is 0 Å². The second-order valence-electron chi connectivity index (χ2n) is 8.92. The summed E-state index contributed by atoms with van der Waals surface area (Å²) in [5.74, 6) is -0.276. The average Bonchev–Trinajstić information content (AvgIpc) is 3.10. The summed E-state index contributed by atoms with van der Waals surface area (Å²) in [6, 6.07) is 15.5. The van der Waals surface area contributed by atoms with Crippen LogP contribution in [-0.2, 0) is 19.1 Å². The lowest BCUT2D eigenvalue weighted by molar-refractivity contribution is -0.143. The molecule has 0 heterocycles. The fourth-order valence-corrected chi connectivity index (χ4v) is 4.30. The molecule has 0 radical (unpaired) electrons. The smallest absolute Gasteiger partial charge is 0.407 e. The van der Waals surface area contributed by atoms with Gasteiger partial charge < -0.3 is 20.5 Å². The van der Waals surface area contributed by atoms with E-state index in [1.165, 1.54) is 0 Å². The number of ketones is 1. The molecule has 0 saturated carbocycles. The molecular formula is C26H32N2O5. The van der Waals surface area contributed by atoms with Crippen molar-refractivity contribution in [1.29, 1.82) is 0 Å². The minimum Gasteiger partial charge on any atom is -0.461 e. The Labute approximate surface area is 194 Å². The van der Waals surface area contributed by atoms with Crippen LogP contribution in [0.5, 0.6) is 0 Å². The number of nitrogens with two attached hydrogens (primary N) is 1. The first kappa shape index (κ1) is 24.5. The highest BCUT2D eigenvalue weighted by atomic mass is 16.5. The standard InChI is InChI=1S/C26H32N2O5/c1-26(2,33-17-29)15-24(30)23(13-7-8-14-27)28-25(31)32-16-22-20-11-5-3-9-18(20)19-10-4-6-12-21(19)22/h3-6,9-12,17,22-23H,7-8,13-16,27H2,1-2H3,(H,28,31)/t23-/m1/s1. The molecule has 0 unspecified atom stereocenters. The Morgan fingerprint density at radius 1 is 1.06 bits per heavy atom. The van der Waals surface area contributed by atoms with Crippen molar-refractivity contribution in [2.75, 3.05) is 13.2 Å². The molecule has 1 aliphatic rings. The van der Waals surface area contributed by atoms with Gasteiger partial charge in [-0.2, -0.15) is 0 Å². The van der Waals surface area contributed by atoms with E-state index in [2.05, 4.69) is 29.6 Å². The predicted octanol–water partition coefficient (Wildman–Crippen LogP) is 3.93. The van der Waals surface area contributed by atoms with Gasteiger partial charge >= 0.3 is 6.09 Å². The number of ether oxygens (including phenoxy) is 2. The number of rotatable bonds is 12. The van der Waals surface area contributed by atoms with Crippen LogP contribution in [0.4, 0.5) is 4.79 Å². The van der Waals surface area contributed by atoms with Crippen molar-refractivity contribution in [3.05, 3.63) is 59.7 Å². The van der Waals surface area contributed by atoms with Gasteiger partial charge in [0.1, 0.15) is 12.2 Å². The molecule has 3 rings (SSSR count). The second kappa shape index (κ2) is 11.1. The van der Waals surface area contributed by atoms with E-state index in [4.69, 9.17) is 15.2 Å². The molecule has 3 N–H and O–H groups in total. The van der Waals surface area contributed by atoms with Gasteiger partial charge in [0.15, 0.2) is 5.78 Å². The number of benzene rings is 2. The third-order valence-corrected chi connectivity index (χ3v) is 5.94. The summed E-state index contributed by atoms with van der Waals surface area (Å²) in [7, 11) is 0. The molecule has 0 aromatic heterocycles. The van der Waals surface area contributed by atoms with Crippen molar-refractivity contribution in [3.8, 4) is 11.1 Å². The lowest BCUT2D eigenvalue weighted by atomic mass is 9.95. The Bertz CT molecular complexity index is 943. The molecule has 0 bridgehead atoms. The monoisotopic (exact) mass is 452 g/mol. The summed E-state index contributed by atoms with van der Waals surface area (Å²) in [4.78, 5) is 36.2. The molecule has 0 fully saturated rings. The van der Waals surface area contributed by atoms with Gasteiger partial charge in [-0.25, -0.2) is 4.79 Å². The van der Waals surface area contributed by atoms with Crippen LogP contribution in [0.25, 0.3) is 11.1 Å². The zero-order valence-corrected chi connectivity index (χ0v) is 19.2. The Morgan fingerprint density at radius 2 is 1.67 bits per heavy atom. The van der Waals surface area contributed by atoms with Crippen LogP contribution in [0.1, 0.15) is 56.6 Å². The van der Waals surface area contributed by atoms with E-state index in [1.807, 2.05) is 24.3 Å². The maximum Gasteiger partial charge on any atom is 0.407 e. The van der Waals surface area contributed by atoms with Gasteiger partial charge in [-0.3, -0.25) is 9.59 Å². The van der Waals surface area contributed by atoms with Crippen LogP contribution in [0.15, 0.2) is 48.5 Å². The molecule has 33 heavy (non-hydrogen) atoms. The third-order valence-electron chi connectivity index (χ3n) is 5.94. The van der Waals surface area contributed by atoms with Gasteiger partial charge in [-0.1, -0.05) is 48.5 Å². The summed E-state index contributed by atoms with van der Waals surface area (Å²) in [6.07, 6.45) is 1.22. The Balaban J connectivity index is 1.65. The van der Waals surface area contributed by atoms with Crippen molar-refractivity contribution in [2.24, 2.45) is 5.73 Å². The molecule has 1 aliphatic carbocycles. The first-order valence-electron chi connectivity index (χ1n) is 11.3. The normalized spacial score (nSPS) is 13.5. The predicted molar refractivity (Wildman–Crippen MR) is 126 cm³/mol. The lowest BCUT2D eigenvalue weighted by Crippen LogP contribution is -2.44. The molecular weight excluding hydrogens is 420 g/mol. The first-order valence-corrected chi connectivity index (χ1v) is 11.3. The van der Waals surface area contributed by atoms with Crippen LogP contribution < -0.4 is 11.1 Å². The lowest BCUT2D eigenvalue weighted by Gasteiger charge is -2.25. The Kier molecular flexibility index (Phi) is 8.22. The van der Waals surface area contributed by atoms with E-state index in [0.717, 1.165) is 28.7 Å². The Hall–Kier alpha value is -3.19. The molecule has 176 valence electrons. The fourth-order valence-electron chi connectivity index (χ4n) is 4.30. The maximum atomic E-state index is 12.9. The zero-order valence-electron chi connectivity index (χ0n) is 19.2. The summed E-state index contributed by atoms with van der Waals surface area (Å²) in [6.45, 7) is 4.32. The number of Topliss-reactive ketones (excluding diaryl/α,β-unsaturated/α-hetero) is 1. The van der Waals surface area contributed by atoms with Gasteiger partial charge in [0.25, 0.3) is 6.47 Å². The van der Waals surface area contributed by atoms with Crippen LogP contribution in [0.2, 0.25) is 0 Å². The van der Waals surface area contributed by atoms with Gasteiger partial charge in [-0.05, 0) is 61.9 Å². The molecule has 0 saturated heterocycles. The van der Waals surface area contributed by atoms with E-state index in [0.29, 0.717) is 25.9 Å². The molecule has 1 amide bonds. The van der Waals surface area contributed by atoms with Crippen LogP contribution in [-0.4, -0.2) is 43.1 Å². The number of alkyl carbamates (subject to hydrolysis) is 1. The number of hydrogen-bond acceptors (Lipinski definition) is 6.